The van der Waals surface area contributed by atoms with Crippen LogP contribution in [0, 0.1) is 10.1 Å². The number of pyridine rings is 1. The van der Waals surface area contributed by atoms with Gasteiger partial charge in [0.15, 0.2) is 5.69 Å². The van der Waals surface area contributed by atoms with Crippen LogP contribution in [-0.4, -0.2) is 22.5 Å². The highest BCUT2D eigenvalue weighted by Gasteiger charge is 2.30. The van der Waals surface area contributed by atoms with Crippen LogP contribution in [0.25, 0.3) is 5.57 Å². The number of benzene rings is 1. The zero-order chi connectivity index (χ0) is 17.1. The van der Waals surface area contributed by atoms with Crippen molar-refractivity contribution < 1.29 is 14.5 Å². The second kappa shape index (κ2) is 6.37. The molecule has 1 aliphatic rings. The van der Waals surface area contributed by atoms with E-state index in [1.807, 2.05) is 24.3 Å². The number of rotatable bonds is 4. The molecule has 0 saturated heterocycles. The summed E-state index contributed by atoms with van der Waals surface area (Å²) in [6.07, 6.45) is 1.39. The van der Waals surface area contributed by atoms with E-state index in [2.05, 4.69) is 15.6 Å². The van der Waals surface area contributed by atoms with Crippen LogP contribution < -0.4 is 10.6 Å². The smallest absolute Gasteiger partial charge is 0.344 e. The molecule has 2 N–H and O–H groups in total. The Hall–Kier alpha value is -3.42. The molecule has 2 heterocycles. The van der Waals surface area contributed by atoms with Crippen molar-refractivity contribution in [2.45, 2.75) is 6.92 Å². The number of para-hydroxylation sites is 2. The fourth-order valence-electron chi connectivity index (χ4n) is 2.38. The van der Waals surface area contributed by atoms with Crippen LogP contribution in [0.4, 0.5) is 17.1 Å². The second-order valence-electron chi connectivity index (χ2n) is 4.89. The largest absolute Gasteiger partial charge is 0.462 e. The lowest BCUT2D eigenvalue weighted by molar-refractivity contribution is -0.385. The first kappa shape index (κ1) is 15.5. The maximum atomic E-state index is 12.4. The quantitative estimate of drug-likeness (QED) is 0.385. The lowest BCUT2D eigenvalue weighted by Crippen LogP contribution is -2.16. The molecule has 0 fully saturated rings. The minimum atomic E-state index is -0.692. The van der Waals surface area contributed by atoms with Gasteiger partial charge in [-0.05, 0) is 25.1 Å². The average Bonchev–Trinajstić information content (AvgIpc) is 2.99. The number of hydrogen-bond donors (Lipinski definition) is 2. The van der Waals surface area contributed by atoms with Crippen molar-refractivity contribution in [2.75, 3.05) is 17.2 Å². The standard InChI is InChI=1S/C16H14N4O4/c1-2-24-16(21)13(14-12(20(22)23)8-5-9-17-14)15-18-10-6-3-4-7-11(10)19-15/h3-9,18-19H,2H2,1H3. The summed E-state index contributed by atoms with van der Waals surface area (Å²) in [5.41, 5.74) is 1.18. The number of aromatic nitrogens is 1. The summed E-state index contributed by atoms with van der Waals surface area (Å²) in [7, 11) is 0. The van der Waals surface area contributed by atoms with Gasteiger partial charge in [-0.2, -0.15) is 0 Å². The van der Waals surface area contributed by atoms with E-state index < -0.39 is 10.9 Å². The maximum absolute atomic E-state index is 12.4. The van der Waals surface area contributed by atoms with Gasteiger partial charge >= 0.3 is 5.97 Å². The molecule has 2 aromatic rings. The Balaban J connectivity index is 2.15. The van der Waals surface area contributed by atoms with Gasteiger partial charge in [-0.15, -0.1) is 0 Å². The SMILES string of the molecule is CCOC(=O)C(=C1Nc2ccccc2N1)c1ncccc1[N+](=O)[O-]. The first-order valence-electron chi connectivity index (χ1n) is 7.26. The molecule has 0 spiro atoms. The molecule has 1 aromatic heterocycles. The predicted molar refractivity (Wildman–Crippen MR) is 88.1 cm³/mol. The summed E-state index contributed by atoms with van der Waals surface area (Å²) >= 11 is 0. The molecule has 3 rings (SSSR count). The van der Waals surface area contributed by atoms with Gasteiger partial charge in [0.2, 0.25) is 0 Å². The highest BCUT2D eigenvalue weighted by atomic mass is 16.6. The van der Waals surface area contributed by atoms with Crippen molar-refractivity contribution in [3.8, 4) is 0 Å². The number of fused-ring (bicyclic) bond motifs is 1. The minimum Gasteiger partial charge on any atom is -0.462 e. The van der Waals surface area contributed by atoms with Crippen molar-refractivity contribution >= 4 is 28.6 Å². The topological polar surface area (TPSA) is 106 Å². The average molecular weight is 326 g/mol. The number of nitrogens with zero attached hydrogens (tertiary/aromatic N) is 2. The van der Waals surface area contributed by atoms with Gasteiger partial charge in [-0.25, -0.2) is 9.78 Å². The van der Waals surface area contributed by atoms with Gasteiger partial charge in [-0.1, -0.05) is 12.1 Å². The molecule has 0 amide bonds. The van der Waals surface area contributed by atoms with Crippen molar-refractivity contribution in [2.24, 2.45) is 0 Å². The molecular weight excluding hydrogens is 312 g/mol. The minimum absolute atomic E-state index is 0.0136. The molecule has 122 valence electrons. The Morgan fingerprint density at radius 2 is 1.88 bits per heavy atom. The highest BCUT2D eigenvalue weighted by molar-refractivity contribution is 6.19. The van der Waals surface area contributed by atoms with E-state index in [1.165, 1.54) is 18.3 Å². The van der Waals surface area contributed by atoms with E-state index in [0.717, 1.165) is 11.4 Å². The third kappa shape index (κ3) is 2.76. The third-order valence-electron chi connectivity index (χ3n) is 3.40. The highest BCUT2D eigenvalue weighted by Crippen LogP contribution is 2.35. The number of hydrogen-bond acceptors (Lipinski definition) is 7. The molecule has 0 saturated carbocycles. The Bertz CT molecular complexity index is 820. The van der Waals surface area contributed by atoms with Gasteiger partial charge in [0.1, 0.15) is 11.4 Å². The normalized spacial score (nSPS) is 12.0. The summed E-state index contributed by atoms with van der Waals surface area (Å²) in [6.45, 7) is 1.81. The number of esters is 1. The molecule has 1 aliphatic heterocycles. The first-order chi connectivity index (χ1) is 11.6. The summed E-state index contributed by atoms with van der Waals surface area (Å²) in [4.78, 5) is 27.2. The summed E-state index contributed by atoms with van der Waals surface area (Å²) < 4.78 is 5.07. The summed E-state index contributed by atoms with van der Waals surface area (Å²) in [5.74, 6) is -0.390. The summed E-state index contributed by atoms with van der Waals surface area (Å²) in [6, 6.07) is 10.1. The number of ether oxygens (including phenoxy) is 1. The zero-order valence-electron chi connectivity index (χ0n) is 12.8. The molecule has 8 nitrogen and oxygen atoms in total. The van der Waals surface area contributed by atoms with E-state index >= 15 is 0 Å². The van der Waals surface area contributed by atoms with E-state index in [1.54, 1.807) is 6.92 Å². The van der Waals surface area contributed by atoms with Crippen molar-refractivity contribution in [1.82, 2.24) is 4.98 Å². The number of carbonyl (C=O) groups is 1. The van der Waals surface area contributed by atoms with Crippen LogP contribution in [0.5, 0.6) is 0 Å². The number of anilines is 2. The predicted octanol–water partition coefficient (Wildman–Crippen LogP) is 2.76. The Morgan fingerprint density at radius 1 is 1.21 bits per heavy atom. The molecule has 24 heavy (non-hydrogen) atoms. The molecular formula is C16H14N4O4. The van der Waals surface area contributed by atoms with Crippen LogP contribution in [0.15, 0.2) is 48.4 Å². The fourth-order valence-corrected chi connectivity index (χ4v) is 2.38. The lowest BCUT2D eigenvalue weighted by Gasteiger charge is -2.11. The molecule has 0 radical (unpaired) electrons. The van der Waals surface area contributed by atoms with Crippen molar-refractivity contribution in [3.05, 3.63) is 64.2 Å². The molecule has 0 bridgehead atoms. The number of carbonyl (C=O) groups excluding carboxylic acids is 1. The van der Waals surface area contributed by atoms with Crippen molar-refractivity contribution in [3.63, 3.8) is 0 Å². The van der Waals surface area contributed by atoms with Crippen LogP contribution in [0.1, 0.15) is 12.6 Å². The molecule has 8 heteroatoms. The van der Waals surface area contributed by atoms with Gasteiger partial charge in [0.05, 0.1) is 22.9 Å². The monoisotopic (exact) mass is 326 g/mol. The molecule has 1 aromatic carbocycles. The Kier molecular flexibility index (Phi) is 4.11. The van der Waals surface area contributed by atoms with Crippen molar-refractivity contribution in [1.29, 1.82) is 0 Å². The first-order valence-corrected chi connectivity index (χ1v) is 7.26. The number of nitro groups is 1. The van der Waals surface area contributed by atoms with E-state index in [0.29, 0.717) is 5.82 Å². The molecule has 0 unspecified atom stereocenters. The zero-order valence-corrected chi connectivity index (χ0v) is 12.8. The van der Waals surface area contributed by atoms with Crippen LogP contribution in [0.3, 0.4) is 0 Å². The van der Waals surface area contributed by atoms with Gasteiger partial charge < -0.3 is 15.4 Å². The van der Waals surface area contributed by atoms with Gasteiger partial charge in [0, 0.05) is 12.3 Å². The van der Waals surface area contributed by atoms with E-state index in [4.69, 9.17) is 4.74 Å². The van der Waals surface area contributed by atoms with Crippen LogP contribution in [-0.2, 0) is 9.53 Å². The van der Waals surface area contributed by atoms with Crippen LogP contribution >= 0.6 is 0 Å². The number of nitrogens with one attached hydrogen (secondary N) is 2. The van der Waals surface area contributed by atoms with Gasteiger partial charge in [-0.3, -0.25) is 10.1 Å². The fraction of sp³-hybridized carbons (Fsp3) is 0.125. The van der Waals surface area contributed by atoms with E-state index in [-0.39, 0.29) is 23.6 Å². The van der Waals surface area contributed by atoms with Crippen LogP contribution in [0.2, 0.25) is 0 Å². The summed E-state index contributed by atoms with van der Waals surface area (Å²) in [5, 5.41) is 17.4. The molecule has 0 aliphatic carbocycles. The van der Waals surface area contributed by atoms with E-state index in [9.17, 15) is 14.9 Å². The third-order valence-corrected chi connectivity index (χ3v) is 3.40. The second-order valence-corrected chi connectivity index (χ2v) is 4.89. The Morgan fingerprint density at radius 3 is 2.46 bits per heavy atom. The Labute approximate surface area is 137 Å². The lowest BCUT2D eigenvalue weighted by atomic mass is 10.1. The van der Waals surface area contributed by atoms with Gasteiger partial charge in [0.25, 0.3) is 5.69 Å². The molecule has 0 atom stereocenters. The maximum Gasteiger partial charge on any atom is 0.344 e.